The number of nitrogens with zero attached hydrogens (tertiary/aromatic N) is 4. The SMILES string of the molecule is Cc1cc(C)nc(N2CC[C@H](OCCN3CCCCC3)C2)n1. The van der Waals surface area contributed by atoms with Gasteiger partial charge >= 0.3 is 0 Å². The number of anilines is 1. The molecule has 2 aliphatic rings. The fraction of sp³-hybridized carbons (Fsp3) is 0.765. The summed E-state index contributed by atoms with van der Waals surface area (Å²) < 4.78 is 6.08. The van der Waals surface area contributed by atoms with Gasteiger partial charge in [0, 0.05) is 31.0 Å². The average molecular weight is 304 g/mol. The van der Waals surface area contributed by atoms with Crippen molar-refractivity contribution in [1.82, 2.24) is 14.9 Å². The molecule has 1 aromatic rings. The van der Waals surface area contributed by atoms with E-state index in [2.05, 4.69) is 19.8 Å². The molecule has 22 heavy (non-hydrogen) atoms. The molecule has 0 radical (unpaired) electrons. The fourth-order valence-electron chi connectivity index (χ4n) is 3.43. The molecule has 0 N–H and O–H groups in total. The first-order chi connectivity index (χ1) is 10.7. The molecule has 0 aliphatic carbocycles. The second-order valence-corrected chi connectivity index (χ2v) is 6.58. The van der Waals surface area contributed by atoms with Crippen LogP contribution in [0.1, 0.15) is 37.1 Å². The van der Waals surface area contributed by atoms with Crippen molar-refractivity contribution in [1.29, 1.82) is 0 Å². The zero-order chi connectivity index (χ0) is 15.4. The van der Waals surface area contributed by atoms with Gasteiger partial charge in [0.25, 0.3) is 0 Å². The Balaban J connectivity index is 1.43. The quantitative estimate of drug-likeness (QED) is 0.834. The molecule has 1 aromatic heterocycles. The van der Waals surface area contributed by atoms with Gasteiger partial charge in [0.15, 0.2) is 0 Å². The molecular weight excluding hydrogens is 276 g/mol. The summed E-state index contributed by atoms with van der Waals surface area (Å²) in [5, 5.41) is 0. The van der Waals surface area contributed by atoms with Crippen LogP contribution < -0.4 is 4.90 Å². The van der Waals surface area contributed by atoms with Gasteiger partial charge in [-0.15, -0.1) is 0 Å². The Bertz CT molecular complexity index is 467. The molecule has 0 aromatic carbocycles. The molecule has 2 fully saturated rings. The summed E-state index contributed by atoms with van der Waals surface area (Å²) in [5.74, 6) is 0.861. The van der Waals surface area contributed by atoms with Crippen molar-refractivity contribution in [2.45, 2.75) is 45.6 Å². The highest BCUT2D eigenvalue weighted by Gasteiger charge is 2.25. The third-order valence-electron chi connectivity index (χ3n) is 4.61. The lowest BCUT2D eigenvalue weighted by atomic mass is 10.1. The van der Waals surface area contributed by atoms with Crippen LogP contribution in [0.15, 0.2) is 6.07 Å². The van der Waals surface area contributed by atoms with E-state index >= 15 is 0 Å². The van der Waals surface area contributed by atoms with E-state index in [0.717, 1.165) is 50.0 Å². The molecule has 5 heteroatoms. The van der Waals surface area contributed by atoms with E-state index < -0.39 is 0 Å². The Morgan fingerprint density at radius 2 is 1.82 bits per heavy atom. The standard InChI is InChI=1S/C17H28N4O/c1-14-12-15(2)19-17(18-14)21-9-6-16(13-21)22-11-10-20-7-4-3-5-8-20/h12,16H,3-11,13H2,1-2H3/t16-/m0/s1. The molecule has 0 bridgehead atoms. The van der Waals surface area contributed by atoms with E-state index in [9.17, 15) is 0 Å². The molecule has 0 spiro atoms. The van der Waals surface area contributed by atoms with Crippen molar-refractivity contribution in [3.8, 4) is 0 Å². The highest BCUT2D eigenvalue weighted by molar-refractivity contribution is 5.33. The topological polar surface area (TPSA) is 41.5 Å². The normalized spacial score (nSPS) is 23.2. The number of hydrogen-bond acceptors (Lipinski definition) is 5. The van der Waals surface area contributed by atoms with Crippen LogP contribution in [0.25, 0.3) is 0 Å². The first-order valence-electron chi connectivity index (χ1n) is 8.62. The molecular formula is C17H28N4O. The van der Waals surface area contributed by atoms with Crippen LogP contribution >= 0.6 is 0 Å². The average Bonchev–Trinajstić information content (AvgIpc) is 2.96. The zero-order valence-corrected chi connectivity index (χ0v) is 13.9. The number of likely N-dealkylation sites (tertiary alicyclic amines) is 1. The molecule has 3 rings (SSSR count). The lowest BCUT2D eigenvalue weighted by Crippen LogP contribution is -2.34. The number of aryl methyl sites for hydroxylation is 2. The molecule has 1 atom stereocenters. The van der Waals surface area contributed by atoms with Gasteiger partial charge in [-0.2, -0.15) is 0 Å². The Morgan fingerprint density at radius 3 is 2.55 bits per heavy atom. The van der Waals surface area contributed by atoms with Crippen molar-refractivity contribution >= 4 is 5.95 Å². The lowest BCUT2D eigenvalue weighted by molar-refractivity contribution is 0.0466. The van der Waals surface area contributed by atoms with Crippen LogP contribution in [0.5, 0.6) is 0 Å². The van der Waals surface area contributed by atoms with Crippen LogP contribution in [-0.4, -0.2) is 60.3 Å². The van der Waals surface area contributed by atoms with E-state index in [0.29, 0.717) is 6.10 Å². The van der Waals surface area contributed by atoms with Crippen LogP contribution in [0.2, 0.25) is 0 Å². The molecule has 2 saturated heterocycles. The molecule has 122 valence electrons. The van der Waals surface area contributed by atoms with Crippen LogP contribution in [0, 0.1) is 13.8 Å². The Morgan fingerprint density at radius 1 is 1.09 bits per heavy atom. The maximum Gasteiger partial charge on any atom is 0.225 e. The number of aromatic nitrogens is 2. The predicted octanol–water partition coefficient (Wildman–Crippen LogP) is 2.17. The molecule has 5 nitrogen and oxygen atoms in total. The molecule has 0 amide bonds. The number of rotatable bonds is 5. The smallest absolute Gasteiger partial charge is 0.225 e. The van der Waals surface area contributed by atoms with Crippen LogP contribution in [-0.2, 0) is 4.74 Å². The van der Waals surface area contributed by atoms with E-state index in [1.54, 1.807) is 0 Å². The lowest BCUT2D eigenvalue weighted by Gasteiger charge is -2.26. The third kappa shape index (κ3) is 4.17. The summed E-state index contributed by atoms with van der Waals surface area (Å²) >= 11 is 0. The summed E-state index contributed by atoms with van der Waals surface area (Å²) in [6.45, 7) is 10.4. The summed E-state index contributed by atoms with van der Waals surface area (Å²) in [6.07, 6.45) is 5.50. The largest absolute Gasteiger partial charge is 0.375 e. The number of hydrogen-bond donors (Lipinski definition) is 0. The highest BCUT2D eigenvalue weighted by Crippen LogP contribution is 2.19. The monoisotopic (exact) mass is 304 g/mol. The number of ether oxygens (including phenoxy) is 1. The van der Waals surface area contributed by atoms with Crippen LogP contribution in [0.4, 0.5) is 5.95 Å². The van der Waals surface area contributed by atoms with Gasteiger partial charge in [0.2, 0.25) is 5.95 Å². The summed E-state index contributed by atoms with van der Waals surface area (Å²) in [5.41, 5.74) is 2.08. The molecule has 2 aliphatic heterocycles. The van der Waals surface area contributed by atoms with E-state index in [-0.39, 0.29) is 0 Å². The maximum absolute atomic E-state index is 6.08. The van der Waals surface area contributed by atoms with Gasteiger partial charge in [0.1, 0.15) is 0 Å². The third-order valence-corrected chi connectivity index (χ3v) is 4.61. The van der Waals surface area contributed by atoms with Crippen molar-refractivity contribution < 1.29 is 4.74 Å². The van der Waals surface area contributed by atoms with E-state index in [1.807, 2.05) is 19.9 Å². The minimum Gasteiger partial charge on any atom is -0.375 e. The van der Waals surface area contributed by atoms with Gasteiger partial charge < -0.3 is 14.5 Å². The maximum atomic E-state index is 6.08. The van der Waals surface area contributed by atoms with Gasteiger partial charge in [-0.1, -0.05) is 6.42 Å². The van der Waals surface area contributed by atoms with Gasteiger partial charge in [-0.3, -0.25) is 0 Å². The van der Waals surface area contributed by atoms with Crippen LogP contribution in [0.3, 0.4) is 0 Å². The van der Waals surface area contributed by atoms with Gasteiger partial charge in [0.05, 0.1) is 12.7 Å². The minimum absolute atomic E-state index is 0.328. The molecule has 0 unspecified atom stereocenters. The summed E-state index contributed by atoms with van der Waals surface area (Å²) in [4.78, 5) is 13.9. The predicted molar refractivity (Wildman–Crippen MR) is 88.4 cm³/mol. The zero-order valence-electron chi connectivity index (χ0n) is 13.9. The Labute approximate surface area is 133 Å². The Hall–Kier alpha value is -1.20. The fourth-order valence-corrected chi connectivity index (χ4v) is 3.43. The summed E-state index contributed by atoms with van der Waals surface area (Å²) in [7, 11) is 0. The van der Waals surface area contributed by atoms with E-state index in [4.69, 9.17) is 4.74 Å². The first-order valence-corrected chi connectivity index (χ1v) is 8.62. The second-order valence-electron chi connectivity index (χ2n) is 6.58. The minimum atomic E-state index is 0.328. The molecule has 0 saturated carbocycles. The van der Waals surface area contributed by atoms with Gasteiger partial charge in [-0.25, -0.2) is 9.97 Å². The van der Waals surface area contributed by atoms with Crippen molar-refractivity contribution in [2.24, 2.45) is 0 Å². The first kappa shape index (κ1) is 15.7. The van der Waals surface area contributed by atoms with Gasteiger partial charge in [-0.05, 0) is 52.3 Å². The second kappa shape index (κ2) is 7.38. The number of piperidine rings is 1. The van der Waals surface area contributed by atoms with Crippen molar-refractivity contribution in [3.63, 3.8) is 0 Å². The van der Waals surface area contributed by atoms with Crippen molar-refractivity contribution in [2.75, 3.05) is 44.2 Å². The Kier molecular flexibility index (Phi) is 5.26. The highest BCUT2D eigenvalue weighted by atomic mass is 16.5. The summed E-state index contributed by atoms with van der Waals surface area (Å²) in [6, 6.07) is 2.02. The van der Waals surface area contributed by atoms with E-state index in [1.165, 1.54) is 32.4 Å². The molecule has 3 heterocycles. The van der Waals surface area contributed by atoms with Crippen molar-refractivity contribution in [3.05, 3.63) is 17.5 Å².